The number of rotatable bonds is 0. The van der Waals surface area contributed by atoms with Crippen molar-refractivity contribution < 1.29 is 4.79 Å². The molecule has 1 aliphatic carbocycles. The predicted octanol–water partition coefficient (Wildman–Crippen LogP) is 2.29. The molecule has 17 heavy (non-hydrogen) atoms. The van der Waals surface area contributed by atoms with Gasteiger partial charge in [0.2, 0.25) is 0 Å². The molecule has 1 aromatic carbocycles. The van der Waals surface area contributed by atoms with E-state index in [1.807, 2.05) is 30.0 Å². The molecule has 1 fully saturated rings. The van der Waals surface area contributed by atoms with E-state index in [1.54, 1.807) is 0 Å². The SMILES string of the molecule is Cc1cccc2c1C(=O)N1CCCC13C=C3N2. The molecule has 1 saturated heterocycles. The van der Waals surface area contributed by atoms with Crippen molar-refractivity contribution in [3.05, 3.63) is 41.1 Å². The summed E-state index contributed by atoms with van der Waals surface area (Å²) in [6.07, 6.45) is 4.38. The van der Waals surface area contributed by atoms with Crippen LogP contribution in [0.25, 0.3) is 0 Å². The number of hydrogen-bond donors (Lipinski definition) is 1. The summed E-state index contributed by atoms with van der Waals surface area (Å²) >= 11 is 0. The Bertz CT molecular complexity index is 576. The Hall–Kier alpha value is -1.77. The Morgan fingerprint density at radius 1 is 1.41 bits per heavy atom. The highest BCUT2D eigenvalue weighted by Crippen LogP contribution is 2.51. The number of carbonyl (C=O) groups excluding carboxylic acids is 1. The molecular weight excluding hydrogens is 212 g/mol. The Morgan fingerprint density at radius 3 is 3.18 bits per heavy atom. The van der Waals surface area contributed by atoms with Crippen LogP contribution in [-0.2, 0) is 0 Å². The third-order valence-corrected chi connectivity index (χ3v) is 4.19. The number of carbonyl (C=O) groups is 1. The van der Waals surface area contributed by atoms with Crippen LogP contribution in [0, 0.1) is 6.92 Å². The summed E-state index contributed by atoms with van der Waals surface area (Å²) in [6.45, 7) is 2.89. The summed E-state index contributed by atoms with van der Waals surface area (Å²) in [7, 11) is 0. The number of amides is 1. The summed E-state index contributed by atoms with van der Waals surface area (Å²) in [5.41, 5.74) is 4.04. The first-order chi connectivity index (χ1) is 8.22. The minimum Gasteiger partial charge on any atom is -0.356 e. The lowest BCUT2D eigenvalue weighted by Gasteiger charge is -2.24. The van der Waals surface area contributed by atoms with E-state index < -0.39 is 0 Å². The van der Waals surface area contributed by atoms with Gasteiger partial charge in [-0.05, 0) is 37.5 Å². The molecule has 1 unspecified atom stereocenters. The van der Waals surface area contributed by atoms with Gasteiger partial charge in [0.15, 0.2) is 0 Å². The molecule has 2 aliphatic heterocycles. The van der Waals surface area contributed by atoms with E-state index >= 15 is 0 Å². The topological polar surface area (TPSA) is 32.3 Å². The van der Waals surface area contributed by atoms with Crippen molar-refractivity contribution in [3.63, 3.8) is 0 Å². The van der Waals surface area contributed by atoms with E-state index in [9.17, 15) is 4.79 Å². The monoisotopic (exact) mass is 226 g/mol. The molecule has 1 N–H and O–H groups in total. The molecule has 1 spiro atoms. The lowest BCUT2D eigenvalue weighted by Crippen LogP contribution is -2.38. The largest absolute Gasteiger partial charge is 0.356 e. The van der Waals surface area contributed by atoms with E-state index in [1.165, 1.54) is 5.70 Å². The van der Waals surface area contributed by atoms with Crippen LogP contribution >= 0.6 is 0 Å². The number of nitrogens with zero attached hydrogens (tertiary/aromatic N) is 1. The fraction of sp³-hybridized carbons (Fsp3) is 0.357. The zero-order valence-electron chi connectivity index (χ0n) is 9.79. The molecule has 0 aromatic heterocycles. The van der Waals surface area contributed by atoms with Gasteiger partial charge in [-0.3, -0.25) is 4.79 Å². The van der Waals surface area contributed by atoms with Crippen molar-refractivity contribution in [1.29, 1.82) is 0 Å². The molecule has 0 saturated carbocycles. The molecule has 0 bridgehead atoms. The molecule has 2 heterocycles. The van der Waals surface area contributed by atoms with Crippen LogP contribution in [0.1, 0.15) is 28.8 Å². The quantitative estimate of drug-likeness (QED) is 0.736. The van der Waals surface area contributed by atoms with Gasteiger partial charge in [-0.1, -0.05) is 12.1 Å². The zero-order valence-corrected chi connectivity index (χ0v) is 9.79. The van der Waals surface area contributed by atoms with Crippen LogP contribution in [0.3, 0.4) is 0 Å². The highest BCUT2D eigenvalue weighted by molar-refractivity contribution is 6.04. The maximum atomic E-state index is 12.6. The van der Waals surface area contributed by atoms with E-state index in [4.69, 9.17) is 0 Å². The fourth-order valence-electron chi connectivity index (χ4n) is 3.24. The molecule has 1 atom stereocenters. The predicted molar refractivity (Wildman–Crippen MR) is 65.9 cm³/mol. The molecule has 3 aliphatic rings. The maximum Gasteiger partial charge on any atom is 0.257 e. The van der Waals surface area contributed by atoms with Gasteiger partial charge in [-0.15, -0.1) is 0 Å². The van der Waals surface area contributed by atoms with Crippen molar-refractivity contribution in [2.75, 3.05) is 11.9 Å². The molecule has 3 nitrogen and oxygen atoms in total. The van der Waals surface area contributed by atoms with Gasteiger partial charge in [0.05, 0.1) is 11.3 Å². The van der Waals surface area contributed by atoms with Crippen molar-refractivity contribution in [2.45, 2.75) is 25.3 Å². The van der Waals surface area contributed by atoms with E-state index in [0.29, 0.717) is 0 Å². The molecule has 1 amide bonds. The number of nitrogens with one attached hydrogen (secondary N) is 1. The molecule has 3 heteroatoms. The fourth-order valence-corrected chi connectivity index (χ4v) is 3.24. The number of hydrogen-bond acceptors (Lipinski definition) is 2. The van der Waals surface area contributed by atoms with Crippen LogP contribution < -0.4 is 5.32 Å². The Balaban J connectivity index is 1.92. The average molecular weight is 226 g/mol. The summed E-state index contributed by atoms with van der Waals surface area (Å²) in [5, 5.41) is 3.43. The summed E-state index contributed by atoms with van der Waals surface area (Å²) in [5.74, 6) is 0.187. The van der Waals surface area contributed by atoms with Gasteiger partial charge < -0.3 is 10.2 Å². The second-order valence-electron chi connectivity index (χ2n) is 5.17. The van der Waals surface area contributed by atoms with Crippen LogP contribution in [0.2, 0.25) is 0 Å². The van der Waals surface area contributed by atoms with Gasteiger partial charge in [0.25, 0.3) is 5.91 Å². The number of anilines is 1. The standard InChI is InChI=1S/C14H14N2O/c1-9-4-2-5-10-12(9)13(17)16-7-3-6-14(16)8-11(14)15-10/h2,4-5,8,15H,3,6-7H2,1H3. The first-order valence-electron chi connectivity index (χ1n) is 6.14. The van der Waals surface area contributed by atoms with Gasteiger partial charge in [-0.2, -0.15) is 0 Å². The van der Waals surface area contributed by atoms with Crippen molar-refractivity contribution in [1.82, 2.24) is 4.90 Å². The third kappa shape index (κ3) is 0.996. The van der Waals surface area contributed by atoms with Crippen LogP contribution in [0.15, 0.2) is 30.0 Å². The molecule has 4 rings (SSSR count). The zero-order chi connectivity index (χ0) is 11.6. The van der Waals surface area contributed by atoms with Gasteiger partial charge in [0.1, 0.15) is 5.54 Å². The second-order valence-corrected chi connectivity index (χ2v) is 5.17. The Morgan fingerprint density at radius 2 is 2.29 bits per heavy atom. The lowest BCUT2D eigenvalue weighted by atomic mass is 10.1. The van der Waals surface area contributed by atoms with Gasteiger partial charge in [-0.25, -0.2) is 0 Å². The summed E-state index contributed by atoms with van der Waals surface area (Å²) in [6, 6.07) is 6.00. The molecule has 86 valence electrons. The van der Waals surface area contributed by atoms with E-state index in [2.05, 4.69) is 11.4 Å². The minimum absolute atomic E-state index is 0.0530. The maximum absolute atomic E-state index is 12.6. The lowest BCUT2D eigenvalue weighted by molar-refractivity contribution is 0.0736. The Labute approximate surface area is 100 Å². The first kappa shape index (κ1) is 9.28. The second kappa shape index (κ2) is 2.73. The van der Waals surface area contributed by atoms with Gasteiger partial charge >= 0.3 is 0 Å². The normalized spacial score (nSPS) is 28.6. The van der Waals surface area contributed by atoms with Gasteiger partial charge in [0, 0.05) is 12.2 Å². The van der Waals surface area contributed by atoms with Crippen molar-refractivity contribution in [2.24, 2.45) is 0 Å². The van der Waals surface area contributed by atoms with Crippen LogP contribution in [-0.4, -0.2) is 22.9 Å². The smallest absolute Gasteiger partial charge is 0.257 e. The summed E-state index contributed by atoms with van der Waals surface area (Å²) in [4.78, 5) is 14.7. The van der Waals surface area contributed by atoms with Crippen molar-refractivity contribution >= 4 is 11.6 Å². The number of aryl methyl sites for hydroxylation is 1. The highest BCUT2D eigenvalue weighted by atomic mass is 16.2. The third-order valence-electron chi connectivity index (χ3n) is 4.19. The molecule has 0 radical (unpaired) electrons. The molecule has 1 aromatic rings. The van der Waals surface area contributed by atoms with Crippen LogP contribution in [0.4, 0.5) is 5.69 Å². The van der Waals surface area contributed by atoms with E-state index in [-0.39, 0.29) is 11.4 Å². The summed E-state index contributed by atoms with van der Waals surface area (Å²) < 4.78 is 0. The number of fused-ring (bicyclic) bond motifs is 1. The van der Waals surface area contributed by atoms with E-state index in [0.717, 1.165) is 36.2 Å². The first-order valence-corrected chi connectivity index (χ1v) is 6.14. The minimum atomic E-state index is -0.0530. The Kier molecular flexibility index (Phi) is 1.49. The average Bonchev–Trinajstić information content (AvgIpc) is 2.82. The molecular formula is C14H14N2O. The highest BCUT2D eigenvalue weighted by Gasteiger charge is 2.56. The van der Waals surface area contributed by atoms with Crippen molar-refractivity contribution in [3.8, 4) is 0 Å². The number of benzene rings is 1. The van der Waals surface area contributed by atoms with Crippen LogP contribution in [0.5, 0.6) is 0 Å².